The number of rotatable bonds is 48. The van der Waals surface area contributed by atoms with Crippen LogP contribution < -0.4 is 5.32 Å². The lowest BCUT2D eigenvalue weighted by Gasteiger charge is -2.48. The third-order valence-electron chi connectivity index (χ3n) is 16.2. The lowest BCUT2D eigenvalue weighted by atomic mass is 9.96. The van der Waals surface area contributed by atoms with Gasteiger partial charge in [0.15, 0.2) is 18.9 Å². The normalized spacial score (nSPS) is 29.8. The minimum absolute atomic E-state index is 0.235. The van der Waals surface area contributed by atoms with Crippen molar-refractivity contribution in [2.45, 2.75) is 330 Å². The van der Waals surface area contributed by atoms with E-state index in [-0.39, 0.29) is 18.9 Å². The molecule has 0 aromatic heterocycles. The van der Waals surface area contributed by atoms with E-state index < -0.39 is 124 Å². The topological polar surface area (TPSA) is 307 Å². The fourth-order valence-corrected chi connectivity index (χ4v) is 10.9. The summed E-state index contributed by atoms with van der Waals surface area (Å²) in [5.74, 6) is -0.289. The van der Waals surface area contributed by atoms with Crippen LogP contribution in [-0.4, -0.2) is 193 Å². The molecule has 0 saturated carbocycles. The Labute approximate surface area is 491 Å². The van der Waals surface area contributed by atoms with E-state index in [9.17, 15) is 61.0 Å². The predicted molar refractivity (Wildman–Crippen MR) is 314 cm³/mol. The van der Waals surface area contributed by atoms with Crippen LogP contribution in [0.1, 0.15) is 226 Å². The molecule has 19 heteroatoms. The van der Waals surface area contributed by atoms with Gasteiger partial charge >= 0.3 is 0 Å². The first kappa shape index (κ1) is 74.3. The van der Waals surface area contributed by atoms with Crippen molar-refractivity contribution in [1.82, 2.24) is 5.32 Å². The van der Waals surface area contributed by atoms with Crippen LogP contribution in [0.25, 0.3) is 0 Å². The van der Waals surface area contributed by atoms with Crippen molar-refractivity contribution in [2.24, 2.45) is 0 Å². The average molecular weight is 1170 g/mol. The predicted octanol–water partition coefficient (Wildman–Crippen LogP) is 6.88. The van der Waals surface area contributed by atoms with Gasteiger partial charge in [-0.1, -0.05) is 211 Å². The molecular weight excluding hydrogens is 1060 g/mol. The van der Waals surface area contributed by atoms with Crippen LogP contribution in [0.5, 0.6) is 0 Å². The molecule has 0 aliphatic carbocycles. The molecule has 82 heavy (non-hydrogen) atoms. The minimum atomic E-state index is -1.98. The molecule has 480 valence electrons. The molecule has 3 rings (SSSR count). The van der Waals surface area contributed by atoms with Crippen LogP contribution in [-0.2, 0) is 33.2 Å². The summed E-state index contributed by atoms with van der Waals surface area (Å²) >= 11 is 0. The highest BCUT2D eigenvalue weighted by atomic mass is 16.8. The summed E-state index contributed by atoms with van der Waals surface area (Å²) in [5, 5.41) is 120. The number of carbonyl (C=O) groups excluding carboxylic acids is 1. The van der Waals surface area contributed by atoms with Gasteiger partial charge in [-0.3, -0.25) is 4.79 Å². The second-order valence-electron chi connectivity index (χ2n) is 23.2. The molecule has 0 aromatic rings. The molecule has 3 fully saturated rings. The molecule has 3 aliphatic rings. The number of hydrogen-bond acceptors (Lipinski definition) is 18. The highest BCUT2D eigenvalue weighted by Gasteiger charge is 2.53. The van der Waals surface area contributed by atoms with E-state index in [4.69, 9.17) is 28.4 Å². The third-order valence-corrected chi connectivity index (χ3v) is 16.2. The Morgan fingerprint density at radius 2 is 0.780 bits per heavy atom. The number of unbranched alkanes of at least 4 members (excludes halogenated alkanes) is 28. The van der Waals surface area contributed by atoms with E-state index in [2.05, 4.69) is 43.5 Å². The summed E-state index contributed by atoms with van der Waals surface area (Å²) in [6.45, 7) is 1.71. The Kier molecular flexibility index (Phi) is 41.8. The summed E-state index contributed by atoms with van der Waals surface area (Å²) in [4.78, 5) is 13.3. The number of hydrogen-bond donors (Lipinski definition) is 12. The van der Waals surface area contributed by atoms with Gasteiger partial charge in [-0.15, -0.1) is 0 Å². The Hall–Kier alpha value is -1.99. The maximum atomic E-state index is 13.3. The molecule has 17 atom stereocenters. The van der Waals surface area contributed by atoms with E-state index in [1.807, 2.05) is 6.08 Å². The molecule has 3 aliphatic heterocycles. The largest absolute Gasteiger partial charge is 0.394 e. The van der Waals surface area contributed by atoms with Crippen molar-refractivity contribution in [3.8, 4) is 0 Å². The number of aliphatic hydroxyl groups is 11. The van der Waals surface area contributed by atoms with Crippen LogP contribution in [0.4, 0.5) is 0 Å². The Morgan fingerprint density at radius 1 is 0.427 bits per heavy atom. The minimum Gasteiger partial charge on any atom is -0.394 e. The van der Waals surface area contributed by atoms with Crippen molar-refractivity contribution in [1.29, 1.82) is 0 Å². The molecule has 0 radical (unpaired) electrons. The van der Waals surface area contributed by atoms with Crippen LogP contribution in [0.15, 0.2) is 36.5 Å². The first-order valence-electron chi connectivity index (χ1n) is 32.2. The third kappa shape index (κ3) is 29.1. The van der Waals surface area contributed by atoms with E-state index in [0.717, 1.165) is 44.9 Å². The lowest BCUT2D eigenvalue weighted by Crippen LogP contribution is -2.66. The van der Waals surface area contributed by atoms with Crippen molar-refractivity contribution in [3.05, 3.63) is 36.5 Å². The number of nitrogens with one attached hydrogen (secondary N) is 1. The standard InChI is InChI=1S/C63H115NO18/c1-3-5-7-9-11-13-15-17-19-20-21-22-23-24-25-26-27-28-30-32-34-36-38-40-47(68)46(64-51(69)41-39-37-35-33-31-29-18-16-14-12-10-8-6-4-2)45-77-61-57(75)54(72)59(49(43-66)79-61)82-63-58(76)55(73)60(50(44-67)80-63)81-62-56(74)53(71)52(70)48(42-65)78-62/h25-26,30,32,38,40,46-50,52-63,65-68,70-76H,3-24,27-29,31,33-37,39,41-45H2,1-2H3,(H,64,69)/b26-25+,32-30+,40-38+. The quantitative estimate of drug-likeness (QED) is 0.0218. The van der Waals surface area contributed by atoms with E-state index >= 15 is 0 Å². The van der Waals surface area contributed by atoms with Gasteiger partial charge in [0.05, 0.1) is 38.6 Å². The van der Waals surface area contributed by atoms with Crippen LogP contribution in [0.3, 0.4) is 0 Å². The van der Waals surface area contributed by atoms with Gasteiger partial charge in [-0.2, -0.15) is 0 Å². The van der Waals surface area contributed by atoms with Gasteiger partial charge in [0.1, 0.15) is 73.2 Å². The molecule has 0 aromatic carbocycles. The smallest absolute Gasteiger partial charge is 0.220 e. The summed E-state index contributed by atoms with van der Waals surface area (Å²) < 4.78 is 34.3. The summed E-state index contributed by atoms with van der Waals surface area (Å²) in [5.41, 5.74) is 0. The summed E-state index contributed by atoms with van der Waals surface area (Å²) in [6, 6.07) is -0.993. The van der Waals surface area contributed by atoms with Crippen molar-refractivity contribution in [3.63, 3.8) is 0 Å². The Morgan fingerprint density at radius 3 is 1.22 bits per heavy atom. The van der Waals surface area contributed by atoms with Gasteiger partial charge in [0.2, 0.25) is 5.91 Å². The lowest BCUT2D eigenvalue weighted by molar-refractivity contribution is -0.379. The summed E-state index contributed by atoms with van der Waals surface area (Å²) in [6.07, 6.45) is 24.1. The van der Waals surface area contributed by atoms with E-state index in [1.165, 1.54) is 148 Å². The van der Waals surface area contributed by atoms with Gasteiger partial charge < -0.3 is 89.9 Å². The van der Waals surface area contributed by atoms with Gasteiger partial charge in [-0.25, -0.2) is 0 Å². The maximum absolute atomic E-state index is 13.3. The van der Waals surface area contributed by atoms with Crippen molar-refractivity contribution in [2.75, 3.05) is 26.4 Å². The number of ether oxygens (including phenoxy) is 6. The van der Waals surface area contributed by atoms with Crippen molar-refractivity contribution < 1.29 is 89.4 Å². The van der Waals surface area contributed by atoms with E-state index in [1.54, 1.807) is 6.08 Å². The highest BCUT2D eigenvalue weighted by molar-refractivity contribution is 5.76. The zero-order chi connectivity index (χ0) is 59.7. The fraction of sp³-hybridized carbons (Fsp3) is 0.889. The number of amides is 1. The zero-order valence-electron chi connectivity index (χ0n) is 50.2. The molecule has 1 amide bonds. The number of carbonyl (C=O) groups is 1. The van der Waals surface area contributed by atoms with Gasteiger partial charge in [0, 0.05) is 6.42 Å². The maximum Gasteiger partial charge on any atom is 0.220 e. The second kappa shape index (κ2) is 46.2. The molecule has 19 nitrogen and oxygen atoms in total. The molecule has 0 spiro atoms. The Balaban J connectivity index is 1.49. The SMILES string of the molecule is CCCCCCCCCCCCCCC/C=C/CC/C=C/CC/C=C/C(O)C(COC1OC(CO)C(OC2OC(CO)C(OC3OC(CO)C(O)C(O)C3O)C(O)C2O)C(O)C1O)NC(=O)CCCCCCCCCCCCCCCC. The van der Waals surface area contributed by atoms with Crippen LogP contribution in [0, 0.1) is 0 Å². The van der Waals surface area contributed by atoms with Crippen LogP contribution >= 0.6 is 0 Å². The Bertz CT molecular complexity index is 1640. The summed E-state index contributed by atoms with van der Waals surface area (Å²) in [7, 11) is 0. The van der Waals surface area contributed by atoms with Gasteiger partial charge in [-0.05, 0) is 44.9 Å². The highest BCUT2D eigenvalue weighted by Crippen LogP contribution is 2.33. The molecular formula is C63H115NO18. The van der Waals surface area contributed by atoms with Crippen LogP contribution in [0.2, 0.25) is 0 Å². The average Bonchev–Trinajstić information content (AvgIpc) is 2.98. The molecule has 3 saturated heterocycles. The molecule has 3 heterocycles. The number of aliphatic hydroxyl groups excluding tert-OH is 11. The zero-order valence-corrected chi connectivity index (χ0v) is 50.2. The van der Waals surface area contributed by atoms with Gasteiger partial charge in [0.25, 0.3) is 0 Å². The van der Waals surface area contributed by atoms with E-state index in [0.29, 0.717) is 12.8 Å². The first-order valence-corrected chi connectivity index (χ1v) is 32.2. The first-order chi connectivity index (χ1) is 39.8. The second-order valence-corrected chi connectivity index (χ2v) is 23.2. The fourth-order valence-electron chi connectivity index (χ4n) is 10.9. The molecule has 17 unspecified atom stereocenters. The molecule has 12 N–H and O–H groups in total. The number of allylic oxidation sites excluding steroid dienone is 5. The molecule has 0 bridgehead atoms. The van der Waals surface area contributed by atoms with Crippen molar-refractivity contribution >= 4 is 5.91 Å². The monoisotopic (exact) mass is 1170 g/mol.